The van der Waals surface area contributed by atoms with Gasteiger partial charge in [-0.2, -0.15) is 5.10 Å². The van der Waals surface area contributed by atoms with E-state index in [2.05, 4.69) is 10.2 Å². The molecule has 3 rings (SSSR count). The molecule has 2 aromatic carbocycles. The zero-order valence-corrected chi connectivity index (χ0v) is 13.9. The number of hydrogen-bond acceptors (Lipinski definition) is 4. The summed E-state index contributed by atoms with van der Waals surface area (Å²) in [6.07, 6.45) is 1.55. The lowest BCUT2D eigenvalue weighted by atomic mass is 10.0. The highest BCUT2D eigenvalue weighted by molar-refractivity contribution is 5.82. The summed E-state index contributed by atoms with van der Waals surface area (Å²) in [5, 5.41) is 6.90. The third-order valence-corrected chi connectivity index (χ3v) is 3.82. The molecule has 0 spiro atoms. The van der Waals surface area contributed by atoms with Gasteiger partial charge in [-0.15, -0.1) is 0 Å². The maximum absolute atomic E-state index is 13.6. The van der Waals surface area contributed by atoms with Gasteiger partial charge in [-0.25, -0.2) is 8.78 Å². The van der Waals surface area contributed by atoms with Gasteiger partial charge in [0.2, 0.25) is 5.75 Å². The first-order valence-electron chi connectivity index (χ1n) is 7.38. The Labute approximate surface area is 143 Å². The average molecular weight is 346 g/mol. The first kappa shape index (κ1) is 16.8. The number of methoxy groups -OCH3 is 3. The second kappa shape index (κ2) is 6.80. The molecule has 0 aliphatic heterocycles. The second-order valence-corrected chi connectivity index (χ2v) is 5.20. The standard InChI is InChI=1S/C18H16F2N2O3/c1-23-15-7-11(8-16(24-2)18(15)25-3)17-12(9-21-22-17)10-4-5-13(19)14(20)6-10/h4-9H,1-3H3,(H,21,22). The van der Waals surface area contributed by atoms with E-state index in [4.69, 9.17) is 14.2 Å². The number of benzene rings is 2. The van der Waals surface area contributed by atoms with E-state index in [1.807, 2.05) is 0 Å². The number of rotatable bonds is 5. The minimum absolute atomic E-state index is 0.461. The molecule has 7 heteroatoms. The number of nitrogens with one attached hydrogen (secondary N) is 1. The summed E-state index contributed by atoms with van der Waals surface area (Å²) in [6.45, 7) is 0. The zero-order chi connectivity index (χ0) is 18.0. The van der Waals surface area contributed by atoms with E-state index in [9.17, 15) is 8.78 Å². The SMILES string of the molecule is COc1cc(-c2[nH]ncc2-c2ccc(F)c(F)c2)cc(OC)c1OC. The molecule has 0 fully saturated rings. The van der Waals surface area contributed by atoms with Crippen LogP contribution < -0.4 is 14.2 Å². The summed E-state index contributed by atoms with van der Waals surface area (Å²) < 4.78 is 42.8. The summed E-state index contributed by atoms with van der Waals surface area (Å²) in [5.41, 5.74) is 2.43. The van der Waals surface area contributed by atoms with Gasteiger partial charge in [0.15, 0.2) is 23.1 Å². The van der Waals surface area contributed by atoms with Gasteiger partial charge in [-0.1, -0.05) is 6.07 Å². The van der Waals surface area contributed by atoms with Gasteiger partial charge < -0.3 is 14.2 Å². The van der Waals surface area contributed by atoms with Gasteiger partial charge in [-0.05, 0) is 29.8 Å². The van der Waals surface area contributed by atoms with Gasteiger partial charge in [-0.3, -0.25) is 5.10 Å². The molecule has 130 valence electrons. The lowest BCUT2D eigenvalue weighted by Crippen LogP contribution is -1.96. The van der Waals surface area contributed by atoms with Crippen LogP contribution in [-0.4, -0.2) is 31.5 Å². The molecule has 3 aromatic rings. The molecule has 0 saturated carbocycles. The van der Waals surface area contributed by atoms with Crippen LogP contribution in [0, 0.1) is 11.6 Å². The molecular weight excluding hydrogens is 330 g/mol. The maximum atomic E-state index is 13.6. The van der Waals surface area contributed by atoms with E-state index >= 15 is 0 Å². The van der Waals surface area contributed by atoms with E-state index in [0.29, 0.717) is 39.6 Å². The highest BCUT2D eigenvalue weighted by Crippen LogP contribution is 2.42. The van der Waals surface area contributed by atoms with Gasteiger partial charge in [0.05, 0.1) is 33.2 Å². The van der Waals surface area contributed by atoms with E-state index in [1.165, 1.54) is 27.4 Å². The predicted molar refractivity (Wildman–Crippen MR) is 89.0 cm³/mol. The lowest BCUT2D eigenvalue weighted by Gasteiger charge is -2.14. The molecule has 1 N–H and O–H groups in total. The number of halogens is 2. The first-order valence-corrected chi connectivity index (χ1v) is 7.38. The van der Waals surface area contributed by atoms with Crippen molar-refractivity contribution in [3.63, 3.8) is 0 Å². The first-order chi connectivity index (χ1) is 12.1. The Balaban J connectivity index is 2.15. The van der Waals surface area contributed by atoms with E-state index in [1.54, 1.807) is 18.3 Å². The van der Waals surface area contributed by atoms with Crippen LogP contribution in [0.25, 0.3) is 22.4 Å². The number of H-pyrrole nitrogens is 1. The molecule has 0 aliphatic rings. The zero-order valence-electron chi connectivity index (χ0n) is 13.9. The summed E-state index contributed by atoms with van der Waals surface area (Å²) >= 11 is 0. The molecule has 0 amide bonds. The van der Waals surface area contributed by atoms with Crippen molar-refractivity contribution in [3.8, 4) is 39.6 Å². The van der Waals surface area contributed by atoms with Crippen molar-refractivity contribution in [3.05, 3.63) is 48.2 Å². The summed E-state index contributed by atoms with van der Waals surface area (Å²) in [7, 11) is 4.55. The third kappa shape index (κ3) is 3.00. The Kier molecular flexibility index (Phi) is 4.56. The van der Waals surface area contributed by atoms with Crippen LogP contribution in [0.4, 0.5) is 8.78 Å². The largest absolute Gasteiger partial charge is 0.493 e. The second-order valence-electron chi connectivity index (χ2n) is 5.20. The van der Waals surface area contributed by atoms with Crippen LogP contribution in [0.5, 0.6) is 17.2 Å². The van der Waals surface area contributed by atoms with Crippen LogP contribution >= 0.6 is 0 Å². The lowest BCUT2D eigenvalue weighted by molar-refractivity contribution is 0.324. The number of nitrogens with zero attached hydrogens (tertiary/aromatic N) is 1. The monoisotopic (exact) mass is 346 g/mol. The fourth-order valence-electron chi connectivity index (χ4n) is 2.61. The molecule has 0 saturated heterocycles. The van der Waals surface area contributed by atoms with Crippen molar-refractivity contribution >= 4 is 0 Å². The summed E-state index contributed by atoms with van der Waals surface area (Å²) in [5.74, 6) is -0.413. The Hall–Kier alpha value is -3.09. The fourth-order valence-corrected chi connectivity index (χ4v) is 2.61. The van der Waals surface area contributed by atoms with Crippen molar-refractivity contribution in [2.45, 2.75) is 0 Å². The van der Waals surface area contributed by atoms with Crippen LogP contribution in [0.1, 0.15) is 0 Å². The van der Waals surface area contributed by atoms with Gasteiger partial charge in [0.1, 0.15) is 0 Å². The molecule has 5 nitrogen and oxygen atoms in total. The van der Waals surface area contributed by atoms with Crippen molar-refractivity contribution < 1.29 is 23.0 Å². The minimum atomic E-state index is -0.922. The van der Waals surface area contributed by atoms with Crippen molar-refractivity contribution in [1.82, 2.24) is 10.2 Å². The van der Waals surface area contributed by atoms with Gasteiger partial charge >= 0.3 is 0 Å². The molecule has 1 aromatic heterocycles. The van der Waals surface area contributed by atoms with E-state index < -0.39 is 11.6 Å². The number of hydrogen-bond donors (Lipinski definition) is 1. The highest BCUT2D eigenvalue weighted by atomic mass is 19.2. The normalized spacial score (nSPS) is 10.6. The topological polar surface area (TPSA) is 56.4 Å². The average Bonchev–Trinajstić information content (AvgIpc) is 3.12. The Morgan fingerprint density at radius 1 is 0.840 bits per heavy atom. The summed E-state index contributed by atoms with van der Waals surface area (Å²) in [4.78, 5) is 0. The molecule has 0 atom stereocenters. The molecule has 0 bridgehead atoms. The van der Waals surface area contributed by atoms with Crippen molar-refractivity contribution in [2.75, 3.05) is 21.3 Å². The Morgan fingerprint density at radius 3 is 2.08 bits per heavy atom. The quantitative estimate of drug-likeness (QED) is 0.757. The van der Waals surface area contributed by atoms with Crippen LogP contribution in [0.2, 0.25) is 0 Å². The molecule has 0 radical (unpaired) electrons. The van der Waals surface area contributed by atoms with Crippen molar-refractivity contribution in [2.24, 2.45) is 0 Å². The molecule has 0 aliphatic carbocycles. The smallest absolute Gasteiger partial charge is 0.203 e. The van der Waals surface area contributed by atoms with E-state index in [0.717, 1.165) is 12.1 Å². The van der Waals surface area contributed by atoms with Gasteiger partial charge in [0.25, 0.3) is 0 Å². The Bertz CT molecular complexity index is 884. The number of aromatic amines is 1. The van der Waals surface area contributed by atoms with Gasteiger partial charge in [0, 0.05) is 11.1 Å². The maximum Gasteiger partial charge on any atom is 0.203 e. The van der Waals surface area contributed by atoms with Crippen LogP contribution in [0.15, 0.2) is 36.5 Å². The van der Waals surface area contributed by atoms with Crippen LogP contribution in [0.3, 0.4) is 0 Å². The van der Waals surface area contributed by atoms with Crippen LogP contribution in [-0.2, 0) is 0 Å². The molecular formula is C18H16F2N2O3. The minimum Gasteiger partial charge on any atom is -0.493 e. The number of ether oxygens (including phenoxy) is 3. The number of aromatic nitrogens is 2. The fraction of sp³-hybridized carbons (Fsp3) is 0.167. The molecule has 25 heavy (non-hydrogen) atoms. The predicted octanol–water partition coefficient (Wildman–Crippen LogP) is 4.05. The third-order valence-electron chi connectivity index (χ3n) is 3.82. The van der Waals surface area contributed by atoms with E-state index in [-0.39, 0.29) is 0 Å². The van der Waals surface area contributed by atoms with Crippen molar-refractivity contribution in [1.29, 1.82) is 0 Å². The summed E-state index contributed by atoms with van der Waals surface area (Å²) in [6, 6.07) is 7.19. The Morgan fingerprint density at radius 2 is 1.52 bits per heavy atom. The molecule has 1 heterocycles. The highest BCUT2D eigenvalue weighted by Gasteiger charge is 2.18. The molecule has 0 unspecified atom stereocenters.